The average molecular weight is 341 g/mol. The zero-order chi connectivity index (χ0) is 14.2. The van der Waals surface area contributed by atoms with E-state index in [0.29, 0.717) is 17.5 Å². The molecule has 1 aliphatic carbocycles. The maximum Gasteiger partial charge on any atom is 0.170 e. The van der Waals surface area contributed by atoms with Crippen molar-refractivity contribution in [3.8, 4) is 0 Å². The van der Waals surface area contributed by atoms with Crippen molar-refractivity contribution >= 4 is 21.7 Å². The van der Waals surface area contributed by atoms with Crippen LogP contribution in [0.3, 0.4) is 0 Å². The van der Waals surface area contributed by atoms with Crippen LogP contribution < -0.4 is 0 Å². The Morgan fingerprint density at radius 3 is 2.80 bits per heavy atom. The molecule has 0 bridgehead atoms. The van der Waals surface area contributed by atoms with E-state index in [2.05, 4.69) is 15.9 Å². The summed E-state index contributed by atoms with van der Waals surface area (Å²) in [5.74, 6) is -0.629. The van der Waals surface area contributed by atoms with Gasteiger partial charge in [0.05, 0.1) is 11.2 Å². The van der Waals surface area contributed by atoms with Crippen molar-refractivity contribution in [1.29, 1.82) is 0 Å². The maximum atomic E-state index is 13.9. The van der Waals surface area contributed by atoms with Gasteiger partial charge in [0, 0.05) is 17.0 Å². The van der Waals surface area contributed by atoms with Crippen LogP contribution >= 0.6 is 15.9 Å². The zero-order valence-electron chi connectivity index (χ0n) is 11.3. The Bertz CT molecular complexity index is 503. The number of halogens is 2. The number of carbonyl (C=O) groups is 1. The van der Waals surface area contributed by atoms with Crippen molar-refractivity contribution in [2.24, 2.45) is 5.92 Å². The Morgan fingerprint density at radius 2 is 2.10 bits per heavy atom. The highest BCUT2D eigenvalue weighted by Crippen LogP contribution is 2.43. The minimum atomic E-state index is -0.434. The van der Waals surface area contributed by atoms with Gasteiger partial charge in [-0.1, -0.05) is 18.9 Å². The molecule has 0 N–H and O–H groups in total. The lowest BCUT2D eigenvalue weighted by Gasteiger charge is -2.37. The lowest BCUT2D eigenvalue weighted by atomic mass is 9.80. The third-order valence-corrected chi connectivity index (χ3v) is 5.25. The minimum Gasteiger partial charge on any atom is -0.375 e. The molecule has 2 aliphatic rings. The second-order valence-corrected chi connectivity index (χ2v) is 6.74. The van der Waals surface area contributed by atoms with E-state index in [0.717, 1.165) is 19.3 Å². The zero-order valence-corrected chi connectivity index (χ0v) is 12.9. The Kier molecular flexibility index (Phi) is 3.95. The van der Waals surface area contributed by atoms with E-state index in [-0.39, 0.29) is 22.9 Å². The van der Waals surface area contributed by atoms with E-state index in [9.17, 15) is 9.18 Å². The molecule has 1 aliphatic heterocycles. The summed E-state index contributed by atoms with van der Waals surface area (Å²) in [6, 6.07) is 4.68. The normalized spacial score (nSPS) is 25.0. The third-order valence-electron chi connectivity index (χ3n) is 4.59. The monoisotopic (exact) mass is 340 g/mol. The van der Waals surface area contributed by atoms with Gasteiger partial charge >= 0.3 is 0 Å². The molecule has 4 heteroatoms. The summed E-state index contributed by atoms with van der Waals surface area (Å²) in [6.07, 6.45) is 5.85. The fourth-order valence-electron chi connectivity index (χ4n) is 3.56. The first kappa shape index (κ1) is 14.2. The molecule has 1 saturated heterocycles. The molecule has 2 fully saturated rings. The van der Waals surface area contributed by atoms with Gasteiger partial charge in [0.15, 0.2) is 5.78 Å². The van der Waals surface area contributed by atoms with E-state index in [1.165, 1.54) is 18.9 Å². The van der Waals surface area contributed by atoms with Crippen LogP contribution in [0.2, 0.25) is 0 Å². The second-order valence-electron chi connectivity index (χ2n) is 5.89. The molecule has 0 radical (unpaired) electrons. The highest BCUT2D eigenvalue weighted by atomic mass is 79.9. The highest BCUT2D eigenvalue weighted by Gasteiger charge is 2.42. The van der Waals surface area contributed by atoms with E-state index in [4.69, 9.17) is 4.74 Å². The minimum absolute atomic E-state index is 0.0791. The number of benzene rings is 1. The van der Waals surface area contributed by atoms with Gasteiger partial charge in [0.25, 0.3) is 0 Å². The summed E-state index contributed by atoms with van der Waals surface area (Å²) in [7, 11) is 0. The fourth-order valence-corrected chi connectivity index (χ4v) is 4.09. The summed E-state index contributed by atoms with van der Waals surface area (Å²) in [5.41, 5.74) is 0.0867. The molecule has 108 valence electrons. The summed E-state index contributed by atoms with van der Waals surface area (Å²) < 4.78 is 20.4. The average Bonchev–Trinajstić information content (AvgIpc) is 2.86. The second kappa shape index (κ2) is 5.57. The van der Waals surface area contributed by atoms with Crippen LogP contribution in [0.15, 0.2) is 22.7 Å². The quantitative estimate of drug-likeness (QED) is 0.740. The van der Waals surface area contributed by atoms with E-state index in [1.807, 2.05) is 0 Å². The number of Topliss-reactive ketones (excluding diaryl/α,β-unsaturated/α-hetero) is 1. The topological polar surface area (TPSA) is 26.3 Å². The predicted molar refractivity (Wildman–Crippen MR) is 78.3 cm³/mol. The third kappa shape index (κ3) is 2.56. The van der Waals surface area contributed by atoms with Crippen LogP contribution in [0.5, 0.6) is 0 Å². The summed E-state index contributed by atoms with van der Waals surface area (Å²) in [6.45, 7) is 0.614. The Morgan fingerprint density at radius 1 is 1.35 bits per heavy atom. The first-order valence-corrected chi connectivity index (χ1v) is 8.03. The van der Waals surface area contributed by atoms with Gasteiger partial charge in [0.2, 0.25) is 0 Å². The van der Waals surface area contributed by atoms with Crippen molar-refractivity contribution in [3.05, 3.63) is 34.1 Å². The molecule has 1 saturated carbocycles. The molecule has 0 aromatic heterocycles. The molecule has 1 spiro atoms. The van der Waals surface area contributed by atoms with Gasteiger partial charge in [-0.3, -0.25) is 4.79 Å². The molecular weight excluding hydrogens is 323 g/mol. The van der Waals surface area contributed by atoms with Crippen molar-refractivity contribution in [2.45, 2.75) is 44.1 Å². The maximum absolute atomic E-state index is 13.9. The molecule has 20 heavy (non-hydrogen) atoms. The first-order chi connectivity index (χ1) is 9.61. The molecule has 3 rings (SSSR count). The first-order valence-electron chi connectivity index (χ1n) is 7.23. The number of hydrogen-bond acceptors (Lipinski definition) is 2. The van der Waals surface area contributed by atoms with E-state index in [1.54, 1.807) is 12.1 Å². The molecule has 1 aromatic carbocycles. The van der Waals surface area contributed by atoms with Gasteiger partial charge in [-0.15, -0.1) is 0 Å². The van der Waals surface area contributed by atoms with Crippen LogP contribution in [0.1, 0.15) is 48.9 Å². The van der Waals surface area contributed by atoms with Crippen LogP contribution in [0.25, 0.3) is 0 Å². The largest absolute Gasteiger partial charge is 0.375 e. The molecule has 0 amide bonds. The smallest absolute Gasteiger partial charge is 0.170 e. The van der Waals surface area contributed by atoms with Crippen molar-refractivity contribution in [1.82, 2.24) is 0 Å². The molecule has 1 aromatic rings. The summed E-state index contributed by atoms with van der Waals surface area (Å²) in [4.78, 5) is 12.7. The number of carbonyl (C=O) groups excluding carboxylic acids is 1. The molecule has 2 nitrogen and oxygen atoms in total. The number of hydrogen-bond donors (Lipinski definition) is 0. The van der Waals surface area contributed by atoms with Crippen molar-refractivity contribution < 1.29 is 13.9 Å². The lowest BCUT2D eigenvalue weighted by molar-refractivity contribution is -0.0866. The lowest BCUT2D eigenvalue weighted by Crippen LogP contribution is -2.40. The SMILES string of the molecule is O=C(c1c(F)cccc1Br)C1CCOC2(CCCC2)C1. The highest BCUT2D eigenvalue weighted by molar-refractivity contribution is 9.10. The standard InChI is InChI=1S/C16H18BrFO2/c17-12-4-3-5-13(18)14(12)15(19)11-6-9-20-16(10-11)7-1-2-8-16/h3-5,11H,1-2,6-10H2. The van der Waals surface area contributed by atoms with Crippen LogP contribution in [0, 0.1) is 11.7 Å². The van der Waals surface area contributed by atoms with Gasteiger partial charge < -0.3 is 4.74 Å². The van der Waals surface area contributed by atoms with Crippen LogP contribution in [-0.4, -0.2) is 18.0 Å². The molecule has 1 heterocycles. The molecular formula is C16H18BrFO2. The van der Waals surface area contributed by atoms with E-state index >= 15 is 0 Å². The Hall–Kier alpha value is -0.740. The summed E-state index contributed by atoms with van der Waals surface area (Å²) in [5, 5.41) is 0. The van der Waals surface area contributed by atoms with E-state index < -0.39 is 5.82 Å². The Balaban J connectivity index is 1.83. The van der Waals surface area contributed by atoms with Crippen LogP contribution in [0.4, 0.5) is 4.39 Å². The number of rotatable bonds is 2. The van der Waals surface area contributed by atoms with Gasteiger partial charge in [0.1, 0.15) is 5.82 Å². The molecule has 1 atom stereocenters. The van der Waals surface area contributed by atoms with Gasteiger partial charge in [-0.25, -0.2) is 4.39 Å². The molecule has 1 unspecified atom stereocenters. The van der Waals surface area contributed by atoms with Gasteiger partial charge in [-0.2, -0.15) is 0 Å². The fraction of sp³-hybridized carbons (Fsp3) is 0.562. The number of ether oxygens (including phenoxy) is 1. The van der Waals surface area contributed by atoms with Crippen molar-refractivity contribution in [2.75, 3.05) is 6.61 Å². The van der Waals surface area contributed by atoms with Crippen molar-refractivity contribution in [3.63, 3.8) is 0 Å². The van der Waals surface area contributed by atoms with Gasteiger partial charge in [-0.05, 0) is 53.7 Å². The Labute approximate surface area is 126 Å². The van der Waals surface area contributed by atoms with Crippen LogP contribution in [-0.2, 0) is 4.74 Å². The summed E-state index contributed by atoms with van der Waals surface area (Å²) >= 11 is 3.30. The number of ketones is 1. The predicted octanol–water partition coefficient (Wildman–Crippen LogP) is 4.51.